The van der Waals surface area contributed by atoms with Gasteiger partial charge in [0.1, 0.15) is 5.75 Å². The van der Waals surface area contributed by atoms with E-state index in [1.807, 2.05) is 6.07 Å². The van der Waals surface area contributed by atoms with E-state index in [0.717, 1.165) is 5.56 Å². The maximum absolute atomic E-state index is 11.8. The Kier molecular flexibility index (Phi) is 6.16. The minimum atomic E-state index is -0.500. The molecule has 0 heterocycles. The van der Waals surface area contributed by atoms with Crippen LogP contribution in [-0.2, 0) is 11.3 Å². The normalized spacial score (nSPS) is 10.0. The fourth-order valence-electron chi connectivity index (χ4n) is 2.06. The molecular formula is C17H18N2O6. The lowest BCUT2D eigenvalue weighted by molar-refractivity contribution is -0.384. The second kappa shape index (κ2) is 8.53. The smallest absolute Gasteiger partial charge is 0.269 e. The average molecular weight is 346 g/mol. The molecule has 0 fully saturated rings. The van der Waals surface area contributed by atoms with Crippen molar-refractivity contribution in [2.24, 2.45) is 0 Å². The molecule has 1 N–H and O–H groups in total. The number of nitro benzene ring substituents is 1. The van der Waals surface area contributed by atoms with E-state index in [-0.39, 0.29) is 18.2 Å². The molecule has 0 saturated heterocycles. The van der Waals surface area contributed by atoms with Gasteiger partial charge in [-0.3, -0.25) is 14.9 Å². The van der Waals surface area contributed by atoms with Gasteiger partial charge in [-0.15, -0.1) is 0 Å². The predicted octanol–water partition coefficient (Wildman–Crippen LogP) is 2.31. The van der Waals surface area contributed by atoms with Gasteiger partial charge in [-0.2, -0.15) is 0 Å². The van der Waals surface area contributed by atoms with Crippen LogP contribution in [0.5, 0.6) is 17.2 Å². The number of carbonyl (C=O) groups excluding carboxylic acids is 1. The molecule has 0 aliphatic rings. The maximum Gasteiger partial charge on any atom is 0.269 e. The summed E-state index contributed by atoms with van der Waals surface area (Å²) in [5.41, 5.74) is 0.812. The predicted molar refractivity (Wildman–Crippen MR) is 90.0 cm³/mol. The zero-order chi connectivity index (χ0) is 18.2. The Morgan fingerprint density at radius 1 is 1.08 bits per heavy atom. The number of methoxy groups -OCH3 is 2. The highest BCUT2D eigenvalue weighted by Crippen LogP contribution is 2.27. The van der Waals surface area contributed by atoms with E-state index in [9.17, 15) is 14.9 Å². The number of amides is 1. The van der Waals surface area contributed by atoms with Crippen LogP contribution < -0.4 is 19.5 Å². The molecule has 0 saturated carbocycles. The van der Waals surface area contributed by atoms with E-state index in [2.05, 4.69) is 5.32 Å². The molecule has 1 amide bonds. The maximum atomic E-state index is 11.8. The van der Waals surface area contributed by atoms with Crippen molar-refractivity contribution in [3.05, 3.63) is 58.1 Å². The molecule has 0 unspecified atom stereocenters. The van der Waals surface area contributed by atoms with E-state index in [4.69, 9.17) is 14.2 Å². The Labute approximate surface area is 144 Å². The zero-order valence-corrected chi connectivity index (χ0v) is 13.9. The first-order valence-corrected chi connectivity index (χ1v) is 7.38. The SMILES string of the molecule is COc1ccc(CNC(=O)COc2ccc([N+](=O)[O-])cc2)cc1OC. The summed E-state index contributed by atoms with van der Waals surface area (Å²) in [6.45, 7) is 0.119. The Balaban J connectivity index is 1.83. The molecule has 0 radical (unpaired) electrons. The van der Waals surface area contributed by atoms with Gasteiger partial charge in [0.25, 0.3) is 11.6 Å². The van der Waals surface area contributed by atoms with Crippen LogP contribution in [0.4, 0.5) is 5.69 Å². The third-order valence-electron chi connectivity index (χ3n) is 3.36. The number of nitrogens with one attached hydrogen (secondary N) is 1. The lowest BCUT2D eigenvalue weighted by atomic mass is 10.2. The second-order valence-corrected chi connectivity index (χ2v) is 5.01. The van der Waals surface area contributed by atoms with Crippen LogP contribution in [0.25, 0.3) is 0 Å². The van der Waals surface area contributed by atoms with Crippen LogP contribution in [-0.4, -0.2) is 31.7 Å². The van der Waals surface area contributed by atoms with Crippen LogP contribution in [0.1, 0.15) is 5.56 Å². The molecule has 0 aromatic heterocycles. The number of non-ortho nitro benzene ring substituents is 1. The summed E-state index contributed by atoms with van der Waals surface area (Å²) in [6, 6.07) is 10.9. The number of benzene rings is 2. The largest absolute Gasteiger partial charge is 0.493 e. The number of ether oxygens (including phenoxy) is 3. The van der Waals surface area contributed by atoms with Crippen LogP contribution in [0.3, 0.4) is 0 Å². The first kappa shape index (κ1) is 18.1. The van der Waals surface area contributed by atoms with Gasteiger partial charge in [-0.25, -0.2) is 0 Å². The van der Waals surface area contributed by atoms with Gasteiger partial charge < -0.3 is 19.5 Å². The molecule has 2 rings (SSSR count). The first-order valence-electron chi connectivity index (χ1n) is 7.38. The van der Waals surface area contributed by atoms with E-state index in [0.29, 0.717) is 23.8 Å². The average Bonchev–Trinajstić information content (AvgIpc) is 2.64. The summed E-state index contributed by atoms with van der Waals surface area (Å²) in [4.78, 5) is 21.9. The summed E-state index contributed by atoms with van der Waals surface area (Å²) in [5.74, 6) is 1.26. The van der Waals surface area contributed by atoms with Gasteiger partial charge in [-0.1, -0.05) is 6.07 Å². The highest BCUT2D eigenvalue weighted by Gasteiger charge is 2.08. The van der Waals surface area contributed by atoms with Crippen molar-refractivity contribution in [1.82, 2.24) is 5.32 Å². The standard InChI is InChI=1S/C17H18N2O6/c1-23-15-8-3-12(9-16(15)24-2)10-18-17(20)11-25-14-6-4-13(5-7-14)19(21)22/h3-9H,10-11H2,1-2H3,(H,18,20). The lowest BCUT2D eigenvalue weighted by Gasteiger charge is -2.11. The molecule has 0 aliphatic heterocycles. The van der Waals surface area contributed by atoms with E-state index in [1.54, 1.807) is 19.2 Å². The van der Waals surface area contributed by atoms with Crippen molar-refractivity contribution < 1.29 is 23.9 Å². The van der Waals surface area contributed by atoms with Crippen molar-refractivity contribution in [2.75, 3.05) is 20.8 Å². The van der Waals surface area contributed by atoms with Gasteiger partial charge in [0, 0.05) is 18.7 Å². The summed E-state index contributed by atoms with van der Waals surface area (Å²) < 4.78 is 15.7. The van der Waals surface area contributed by atoms with Crippen molar-refractivity contribution in [2.45, 2.75) is 6.54 Å². The Bertz CT molecular complexity index is 745. The zero-order valence-electron chi connectivity index (χ0n) is 13.9. The Morgan fingerprint density at radius 2 is 1.76 bits per heavy atom. The monoisotopic (exact) mass is 346 g/mol. The number of nitro groups is 1. The summed E-state index contributed by atoms with van der Waals surface area (Å²) in [7, 11) is 3.09. The van der Waals surface area contributed by atoms with Crippen molar-refractivity contribution in [3.8, 4) is 17.2 Å². The van der Waals surface area contributed by atoms with E-state index >= 15 is 0 Å². The fourth-order valence-corrected chi connectivity index (χ4v) is 2.06. The number of hydrogen-bond donors (Lipinski definition) is 1. The topological polar surface area (TPSA) is 99.9 Å². The Morgan fingerprint density at radius 3 is 2.36 bits per heavy atom. The Hall–Kier alpha value is -3.29. The molecular weight excluding hydrogens is 328 g/mol. The molecule has 0 bridgehead atoms. The second-order valence-electron chi connectivity index (χ2n) is 5.01. The summed E-state index contributed by atoms with van der Waals surface area (Å²) in [6.07, 6.45) is 0. The van der Waals surface area contributed by atoms with Crippen LogP contribution >= 0.6 is 0 Å². The number of hydrogen-bond acceptors (Lipinski definition) is 6. The van der Waals surface area contributed by atoms with E-state index in [1.165, 1.54) is 31.4 Å². The van der Waals surface area contributed by atoms with Gasteiger partial charge >= 0.3 is 0 Å². The molecule has 8 nitrogen and oxygen atoms in total. The van der Waals surface area contributed by atoms with Gasteiger partial charge in [0.15, 0.2) is 18.1 Å². The fraction of sp³-hybridized carbons (Fsp3) is 0.235. The third-order valence-corrected chi connectivity index (χ3v) is 3.36. The molecule has 2 aromatic carbocycles. The van der Waals surface area contributed by atoms with Crippen LogP contribution in [0, 0.1) is 10.1 Å². The number of rotatable bonds is 8. The summed E-state index contributed by atoms with van der Waals surface area (Å²) in [5, 5.41) is 13.3. The summed E-state index contributed by atoms with van der Waals surface area (Å²) >= 11 is 0. The number of carbonyl (C=O) groups is 1. The first-order chi connectivity index (χ1) is 12.0. The minimum Gasteiger partial charge on any atom is -0.493 e. The third kappa shape index (κ3) is 5.10. The highest BCUT2D eigenvalue weighted by atomic mass is 16.6. The number of nitrogens with zero attached hydrogens (tertiary/aromatic N) is 1. The highest BCUT2D eigenvalue weighted by molar-refractivity contribution is 5.77. The van der Waals surface area contributed by atoms with E-state index < -0.39 is 4.92 Å². The van der Waals surface area contributed by atoms with Crippen molar-refractivity contribution in [1.29, 1.82) is 0 Å². The molecule has 0 spiro atoms. The van der Waals surface area contributed by atoms with Gasteiger partial charge in [0.05, 0.1) is 19.1 Å². The van der Waals surface area contributed by atoms with Crippen LogP contribution in [0.2, 0.25) is 0 Å². The van der Waals surface area contributed by atoms with Crippen LogP contribution in [0.15, 0.2) is 42.5 Å². The quantitative estimate of drug-likeness (QED) is 0.581. The molecule has 25 heavy (non-hydrogen) atoms. The van der Waals surface area contributed by atoms with Gasteiger partial charge in [0.2, 0.25) is 0 Å². The minimum absolute atomic E-state index is 0.0368. The van der Waals surface area contributed by atoms with Crippen molar-refractivity contribution in [3.63, 3.8) is 0 Å². The molecule has 0 aliphatic carbocycles. The lowest BCUT2D eigenvalue weighted by Crippen LogP contribution is -2.28. The molecule has 132 valence electrons. The molecule has 2 aromatic rings. The van der Waals surface area contributed by atoms with Gasteiger partial charge in [-0.05, 0) is 29.8 Å². The van der Waals surface area contributed by atoms with Crippen molar-refractivity contribution >= 4 is 11.6 Å². The molecule has 0 atom stereocenters. The molecule has 8 heteroatoms.